The molecule has 7 aromatic carbocycles. The Balaban J connectivity index is 1.21. The van der Waals surface area contributed by atoms with Crippen LogP contribution in [-0.4, -0.2) is 14.5 Å². The highest BCUT2D eigenvalue weighted by molar-refractivity contribution is 6.09. The highest BCUT2D eigenvalue weighted by atomic mass is 15.2. The highest BCUT2D eigenvalue weighted by Crippen LogP contribution is 2.63. The molecule has 4 nitrogen and oxygen atoms in total. The number of rotatable bonds is 3. The molecule has 11 rings (SSSR count). The summed E-state index contributed by atoms with van der Waals surface area (Å²) in [5.41, 5.74) is 15.6. The van der Waals surface area contributed by atoms with Crippen molar-refractivity contribution in [2.45, 2.75) is 5.41 Å². The number of benzene rings is 7. The zero-order valence-corrected chi connectivity index (χ0v) is 28.0. The third-order valence-corrected chi connectivity index (χ3v) is 11.1. The van der Waals surface area contributed by atoms with Crippen LogP contribution in [0.5, 0.6) is 0 Å². The largest absolute Gasteiger partial charge is 0.278 e. The molecule has 0 bridgehead atoms. The van der Waals surface area contributed by atoms with E-state index >= 15 is 0 Å². The van der Waals surface area contributed by atoms with Gasteiger partial charge in [0.2, 0.25) is 5.95 Å². The monoisotopic (exact) mass is 660 g/mol. The minimum Gasteiger partial charge on any atom is -0.278 e. The standard InChI is InChI=1S/C48H28N4/c49-29-30-22-24-35-36-25-23-32(27-42(36)48(41(35)26-30)39-18-8-4-14-33(39)34-15-5-9-19-40(34)48)44-28-43(31-12-2-1-3-13-31)50-47(51-44)52-45-20-10-6-16-37(45)38-17-7-11-21-46(38)52/h1-28H. The summed E-state index contributed by atoms with van der Waals surface area (Å²) in [6.45, 7) is 0. The van der Waals surface area contributed by atoms with Crippen LogP contribution in [-0.2, 0) is 5.41 Å². The number of para-hydroxylation sites is 2. The maximum absolute atomic E-state index is 10.1. The third kappa shape index (κ3) is 3.80. The first kappa shape index (κ1) is 28.7. The van der Waals surface area contributed by atoms with Gasteiger partial charge in [-0.1, -0.05) is 133 Å². The summed E-state index contributed by atoms with van der Waals surface area (Å²) in [5.74, 6) is 0.627. The number of nitrogens with zero attached hydrogens (tertiary/aromatic N) is 4. The number of hydrogen-bond donors (Lipinski definition) is 0. The fraction of sp³-hybridized carbons (Fsp3) is 0.0208. The van der Waals surface area contributed by atoms with Gasteiger partial charge in [0.1, 0.15) is 0 Å². The average Bonchev–Trinajstić information content (AvgIpc) is 3.82. The van der Waals surface area contributed by atoms with Crippen molar-refractivity contribution in [3.05, 3.63) is 198 Å². The summed E-state index contributed by atoms with van der Waals surface area (Å²) in [6, 6.07) is 62.3. The molecule has 2 aliphatic carbocycles. The van der Waals surface area contributed by atoms with Crippen molar-refractivity contribution >= 4 is 21.8 Å². The summed E-state index contributed by atoms with van der Waals surface area (Å²) >= 11 is 0. The Kier molecular flexibility index (Phi) is 5.91. The van der Waals surface area contributed by atoms with Gasteiger partial charge in [0.05, 0.1) is 39.5 Å². The fourth-order valence-electron chi connectivity index (χ4n) is 8.95. The maximum atomic E-state index is 10.1. The van der Waals surface area contributed by atoms with E-state index in [4.69, 9.17) is 9.97 Å². The van der Waals surface area contributed by atoms with Crippen molar-refractivity contribution in [2.75, 3.05) is 0 Å². The van der Waals surface area contributed by atoms with E-state index in [2.05, 4.69) is 168 Å². The molecule has 4 heteroatoms. The first-order valence-electron chi connectivity index (χ1n) is 17.6. The SMILES string of the molecule is N#Cc1ccc2c(c1)C1(c3ccccc3-c3ccccc31)c1cc(-c3cc(-c4ccccc4)nc(-n4c5ccccc5c5ccccc54)n3)ccc1-2. The van der Waals surface area contributed by atoms with Crippen molar-refractivity contribution in [1.82, 2.24) is 14.5 Å². The van der Waals surface area contributed by atoms with Crippen LogP contribution in [0.2, 0.25) is 0 Å². The van der Waals surface area contributed by atoms with Crippen molar-refractivity contribution in [2.24, 2.45) is 0 Å². The lowest BCUT2D eigenvalue weighted by molar-refractivity contribution is 0.793. The van der Waals surface area contributed by atoms with Gasteiger partial charge >= 0.3 is 0 Å². The number of nitriles is 1. The summed E-state index contributed by atoms with van der Waals surface area (Å²) < 4.78 is 2.19. The molecule has 2 aromatic heterocycles. The minimum atomic E-state index is -0.578. The van der Waals surface area contributed by atoms with E-state index in [0.29, 0.717) is 11.5 Å². The van der Waals surface area contributed by atoms with E-state index in [0.717, 1.165) is 44.7 Å². The summed E-state index contributed by atoms with van der Waals surface area (Å²) in [7, 11) is 0. The van der Waals surface area contributed by atoms with Crippen molar-refractivity contribution in [3.63, 3.8) is 0 Å². The van der Waals surface area contributed by atoms with Crippen molar-refractivity contribution < 1.29 is 0 Å². The van der Waals surface area contributed by atoms with E-state index in [1.165, 1.54) is 44.2 Å². The van der Waals surface area contributed by atoms with Crippen LogP contribution >= 0.6 is 0 Å². The van der Waals surface area contributed by atoms with Gasteiger partial charge in [-0.15, -0.1) is 0 Å². The second-order valence-electron chi connectivity index (χ2n) is 13.6. The Labute approximate surface area is 300 Å². The third-order valence-electron chi connectivity index (χ3n) is 11.1. The van der Waals surface area contributed by atoms with Crippen LogP contribution < -0.4 is 0 Å². The molecule has 0 atom stereocenters. The van der Waals surface area contributed by atoms with Gasteiger partial charge in [-0.25, -0.2) is 9.97 Å². The predicted molar refractivity (Wildman–Crippen MR) is 208 cm³/mol. The van der Waals surface area contributed by atoms with Crippen LogP contribution in [0.25, 0.3) is 72.5 Å². The highest BCUT2D eigenvalue weighted by Gasteiger charge is 2.51. The first-order chi connectivity index (χ1) is 25.7. The number of hydrogen-bond acceptors (Lipinski definition) is 3. The Hall–Kier alpha value is -7.09. The zero-order chi connectivity index (χ0) is 34.4. The van der Waals surface area contributed by atoms with Crippen LogP contribution in [0.1, 0.15) is 27.8 Å². The Morgan fingerprint density at radius 3 is 1.62 bits per heavy atom. The van der Waals surface area contributed by atoms with Gasteiger partial charge in [-0.05, 0) is 80.9 Å². The molecular formula is C48H28N4. The molecule has 0 saturated carbocycles. The lowest BCUT2D eigenvalue weighted by atomic mass is 9.70. The summed E-state index contributed by atoms with van der Waals surface area (Å²) in [6.07, 6.45) is 0. The smallest absolute Gasteiger partial charge is 0.235 e. The molecular weight excluding hydrogens is 633 g/mol. The number of fused-ring (bicyclic) bond motifs is 13. The lowest BCUT2D eigenvalue weighted by Gasteiger charge is -2.30. The maximum Gasteiger partial charge on any atom is 0.235 e. The molecule has 0 radical (unpaired) electrons. The van der Waals surface area contributed by atoms with E-state index in [-0.39, 0.29) is 0 Å². The summed E-state index contributed by atoms with van der Waals surface area (Å²) in [5, 5.41) is 12.4. The van der Waals surface area contributed by atoms with E-state index < -0.39 is 5.41 Å². The summed E-state index contributed by atoms with van der Waals surface area (Å²) in [4.78, 5) is 10.6. The zero-order valence-electron chi connectivity index (χ0n) is 28.0. The first-order valence-corrected chi connectivity index (χ1v) is 17.6. The number of aromatic nitrogens is 3. The van der Waals surface area contributed by atoms with E-state index in [1.54, 1.807) is 0 Å². The Morgan fingerprint density at radius 2 is 0.962 bits per heavy atom. The van der Waals surface area contributed by atoms with Gasteiger partial charge < -0.3 is 0 Å². The van der Waals surface area contributed by atoms with Gasteiger partial charge in [0.15, 0.2) is 0 Å². The quantitative estimate of drug-likeness (QED) is 0.189. The van der Waals surface area contributed by atoms with E-state index in [1.807, 2.05) is 12.1 Å². The second-order valence-corrected chi connectivity index (χ2v) is 13.6. The van der Waals surface area contributed by atoms with Gasteiger partial charge in [0, 0.05) is 21.9 Å². The molecule has 9 aromatic rings. The molecule has 1 spiro atoms. The van der Waals surface area contributed by atoms with Gasteiger partial charge in [-0.3, -0.25) is 4.57 Å². The van der Waals surface area contributed by atoms with Crippen LogP contribution in [0.15, 0.2) is 170 Å². The topological polar surface area (TPSA) is 54.5 Å². The second kappa shape index (κ2) is 10.7. The normalized spacial score (nSPS) is 13.1. The fourth-order valence-corrected chi connectivity index (χ4v) is 8.95. The predicted octanol–water partition coefficient (Wildman–Crippen LogP) is 11.1. The van der Waals surface area contributed by atoms with Crippen molar-refractivity contribution in [1.29, 1.82) is 5.26 Å². The Bertz CT molecular complexity index is 2880. The van der Waals surface area contributed by atoms with Gasteiger partial charge in [-0.2, -0.15) is 5.26 Å². The van der Waals surface area contributed by atoms with Crippen molar-refractivity contribution in [3.8, 4) is 56.8 Å². The van der Waals surface area contributed by atoms with E-state index in [9.17, 15) is 5.26 Å². The van der Waals surface area contributed by atoms with Gasteiger partial charge in [0.25, 0.3) is 0 Å². The molecule has 0 N–H and O–H groups in total. The Morgan fingerprint density at radius 1 is 0.442 bits per heavy atom. The lowest BCUT2D eigenvalue weighted by Crippen LogP contribution is -2.26. The molecule has 0 fully saturated rings. The minimum absolute atomic E-state index is 0.578. The molecule has 0 saturated heterocycles. The molecule has 2 aliphatic rings. The van der Waals surface area contributed by atoms with Crippen LogP contribution in [0, 0.1) is 11.3 Å². The van der Waals surface area contributed by atoms with Crippen LogP contribution in [0.3, 0.4) is 0 Å². The average molecular weight is 661 g/mol. The van der Waals surface area contributed by atoms with Crippen LogP contribution in [0.4, 0.5) is 0 Å². The molecule has 0 unspecified atom stereocenters. The molecule has 0 amide bonds. The molecule has 52 heavy (non-hydrogen) atoms. The molecule has 240 valence electrons. The molecule has 2 heterocycles. The molecule has 0 aliphatic heterocycles.